The molecule has 0 aliphatic carbocycles. The zero-order chi connectivity index (χ0) is 23.1. The van der Waals surface area contributed by atoms with E-state index >= 15 is 0 Å². The van der Waals surface area contributed by atoms with Crippen molar-refractivity contribution < 1.29 is 9.53 Å². The average molecular weight is 454 g/mol. The molecule has 0 aliphatic rings. The number of hydrogen-bond acceptors (Lipinski definition) is 5. The van der Waals surface area contributed by atoms with Gasteiger partial charge in [0, 0.05) is 24.9 Å². The fourth-order valence-corrected chi connectivity index (χ4v) is 4.40. The van der Waals surface area contributed by atoms with Crippen molar-refractivity contribution in [2.75, 3.05) is 17.3 Å². The van der Waals surface area contributed by atoms with Gasteiger partial charge in [-0.25, -0.2) is 4.98 Å². The Balaban J connectivity index is 1.84. The van der Waals surface area contributed by atoms with Crippen LogP contribution in [0.3, 0.4) is 0 Å². The third-order valence-electron chi connectivity index (χ3n) is 4.95. The van der Waals surface area contributed by atoms with E-state index in [2.05, 4.69) is 0 Å². The van der Waals surface area contributed by atoms with Crippen molar-refractivity contribution in [1.29, 1.82) is 0 Å². The minimum atomic E-state index is -0.0844. The van der Waals surface area contributed by atoms with E-state index in [1.165, 1.54) is 11.8 Å². The minimum Gasteiger partial charge on any atom is -0.379 e. The van der Waals surface area contributed by atoms with Gasteiger partial charge in [0.15, 0.2) is 5.16 Å². The number of benzene rings is 2. The lowest BCUT2D eigenvalue weighted by Gasteiger charge is -2.27. The second-order valence-electron chi connectivity index (χ2n) is 8.12. The largest absolute Gasteiger partial charge is 0.379 e. The molecule has 6 nitrogen and oxygen atoms in total. The summed E-state index contributed by atoms with van der Waals surface area (Å²) in [7, 11) is 0. The number of rotatable bonds is 10. The van der Waals surface area contributed by atoms with Crippen LogP contribution in [-0.4, -0.2) is 40.0 Å². The smallest absolute Gasteiger partial charge is 0.262 e. The average Bonchev–Trinajstić information content (AvgIpc) is 2.77. The Labute approximate surface area is 193 Å². The van der Waals surface area contributed by atoms with Gasteiger partial charge in [-0.3, -0.25) is 14.2 Å². The molecule has 0 spiro atoms. The third kappa shape index (κ3) is 5.99. The molecule has 170 valence electrons. The quantitative estimate of drug-likeness (QED) is 0.252. The molecule has 0 radical (unpaired) electrons. The third-order valence-corrected chi connectivity index (χ3v) is 5.91. The van der Waals surface area contributed by atoms with Crippen molar-refractivity contribution >= 4 is 34.3 Å². The maximum atomic E-state index is 13.2. The molecule has 2 aromatic carbocycles. The Morgan fingerprint density at radius 1 is 1.06 bits per heavy atom. The van der Waals surface area contributed by atoms with Crippen LogP contribution in [0.2, 0.25) is 0 Å². The number of fused-ring (bicyclic) bond motifs is 1. The maximum Gasteiger partial charge on any atom is 0.262 e. The summed E-state index contributed by atoms with van der Waals surface area (Å²) in [6.45, 7) is 9.03. The van der Waals surface area contributed by atoms with Crippen molar-refractivity contribution in [3.8, 4) is 0 Å². The zero-order valence-corrected chi connectivity index (χ0v) is 20.0. The number of nitrogens with zero attached hydrogens (tertiary/aromatic N) is 3. The van der Waals surface area contributed by atoms with Gasteiger partial charge < -0.3 is 9.64 Å². The van der Waals surface area contributed by atoms with Gasteiger partial charge >= 0.3 is 0 Å². The molecular weight excluding hydrogens is 422 g/mol. The van der Waals surface area contributed by atoms with E-state index < -0.39 is 0 Å². The molecular formula is C25H31N3O3S. The van der Waals surface area contributed by atoms with E-state index in [4.69, 9.17) is 9.72 Å². The maximum absolute atomic E-state index is 13.2. The molecule has 0 fully saturated rings. The summed E-state index contributed by atoms with van der Waals surface area (Å²) < 4.78 is 7.31. The normalized spacial score (nSPS) is 11.4. The zero-order valence-electron chi connectivity index (χ0n) is 19.2. The van der Waals surface area contributed by atoms with Crippen molar-refractivity contribution in [2.24, 2.45) is 0 Å². The first-order valence-electron chi connectivity index (χ1n) is 11.0. The topological polar surface area (TPSA) is 64.4 Å². The molecule has 32 heavy (non-hydrogen) atoms. The number of hydrogen-bond donors (Lipinski definition) is 0. The molecule has 7 heteroatoms. The Hall–Kier alpha value is -2.64. The van der Waals surface area contributed by atoms with E-state index in [9.17, 15) is 9.59 Å². The van der Waals surface area contributed by atoms with Gasteiger partial charge in [0.05, 0.1) is 22.8 Å². The van der Waals surface area contributed by atoms with Crippen LogP contribution < -0.4 is 10.5 Å². The molecule has 0 saturated carbocycles. The van der Waals surface area contributed by atoms with E-state index in [-0.39, 0.29) is 29.4 Å². The number of ether oxygens (including phenoxy) is 1. The lowest BCUT2D eigenvalue weighted by molar-refractivity contribution is -0.116. The van der Waals surface area contributed by atoms with Gasteiger partial charge in [0.2, 0.25) is 5.91 Å². The Morgan fingerprint density at radius 3 is 2.44 bits per heavy atom. The summed E-state index contributed by atoms with van der Waals surface area (Å²) in [6, 6.07) is 17.0. The van der Waals surface area contributed by atoms with E-state index in [1.807, 2.05) is 76.2 Å². The molecule has 1 heterocycles. The Morgan fingerprint density at radius 2 is 1.75 bits per heavy atom. The predicted molar refractivity (Wildman–Crippen MR) is 131 cm³/mol. The minimum absolute atomic E-state index is 0.0189. The fourth-order valence-electron chi connectivity index (χ4n) is 3.51. The molecule has 0 bridgehead atoms. The highest BCUT2D eigenvalue weighted by Gasteiger charge is 2.20. The molecule has 0 aliphatic heterocycles. The number of carbonyl (C=O) groups is 1. The number of amides is 1. The van der Waals surface area contributed by atoms with Crippen LogP contribution in [0.1, 0.15) is 34.1 Å². The number of thioether (sulfide) groups is 1. The van der Waals surface area contributed by atoms with Crippen LogP contribution in [0.15, 0.2) is 64.5 Å². The highest BCUT2D eigenvalue weighted by Crippen LogP contribution is 2.22. The van der Waals surface area contributed by atoms with E-state index in [0.717, 1.165) is 5.69 Å². The summed E-state index contributed by atoms with van der Waals surface area (Å²) >= 11 is 1.31. The SMILES string of the molecule is CC(C)OCCCn1c(SCC(=O)N(c2ccccc2)C(C)C)nc2ccccc2c1=O. The van der Waals surface area contributed by atoms with Crippen molar-refractivity contribution in [1.82, 2.24) is 9.55 Å². The standard InChI is InChI=1S/C25H31N3O3S/c1-18(2)28(20-11-6-5-7-12-20)23(29)17-32-25-26-22-14-9-8-13-21(22)24(30)27(25)15-10-16-31-19(3)4/h5-9,11-14,18-19H,10,15-17H2,1-4H3. The first-order chi connectivity index (χ1) is 15.4. The fraction of sp³-hybridized carbons (Fsp3) is 0.400. The number of para-hydroxylation sites is 2. The highest BCUT2D eigenvalue weighted by molar-refractivity contribution is 7.99. The van der Waals surface area contributed by atoms with Crippen LogP contribution in [0.25, 0.3) is 10.9 Å². The van der Waals surface area contributed by atoms with E-state index in [1.54, 1.807) is 15.5 Å². The second kappa shape index (κ2) is 11.3. The molecule has 3 aromatic rings. The summed E-state index contributed by atoms with van der Waals surface area (Å²) in [6.07, 6.45) is 0.842. The van der Waals surface area contributed by atoms with Gasteiger partial charge in [-0.15, -0.1) is 0 Å². The van der Waals surface area contributed by atoms with Crippen LogP contribution in [-0.2, 0) is 16.1 Å². The van der Waals surface area contributed by atoms with Crippen molar-refractivity contribution in [3.63, 3.8) is 0 Å². The molecule has 0 unspecified atom stereocenters. The highest BCUT2D eigenvalue weighted by atomic mass is 32.2. The number of carbonyl (C=O) groups excluding carboxylic acids is 1. The summed E-state index contributed by atoms with van der Waals surface area (Å²) in [4.78, 5) is 32.8. The van der Waals surface area contributed by atoms with Gasteiger partial charge in [-0.05, 0) is 58.4 Å². The number of aromatic nitrogens is 2. The molecule has 3 rings (SSSR count). The number of anilines is 1. The molecule has 1 aromatic heterocycles. The summed E-state index contributed by atoms with van der Waals surface area (Å²) in [5.41, 5.74) is 1.42. The van der Waals surface area contributed by atoms with Crippen molar-refractivity contribution in [2.45, 2.75) is 58.0 Å². The van der Waals surface area contributed by atoms with Crippen molar-refractivity contribution in [3.05, 3.63) is 65.0 Å². The van der Waals surface area contributed by atoms with Crippen LogP contribution >= 0.6 is 11.8 Å². The lowest BCUT2D eigenvalue weighted by atomic mass is 10.2. The van der Waals surface area contributed by atoms with Gasteiger partial charge in [-0.1, -0.05) is 42.1 Å². The molecule has 0 atom stereocenters. The molecule has 1 amide bonds. The Kier molecular flexibility index (Phi) is 8.47. The van der Waals surface area contributed by atoms with Crippen LogP contribution in [0, 0.1) is 0 Å². The van der Waals surface area contributed by atoms with Gasteiger partial charge in [0.1, 0.15) is 0 Å². The van der Waals surface area contributed by atoms with Crippen LogP contribution in [0.4, 0.5) is 5.69 Å². The molecule has 0 saturated heterocycles. The lowest BCUT2D eigenvalue weighted by Crippen LogP contribution is -2.38. The molecule has 0 N–H and O–H groups in total. The first kappa shape index (κ1) is 24.0. The van der Waals surface area contributed by atoms with E-state index in [0.29, 0.717) is 35.6 Å². The van der Waals surface area contributed by atoms with Gasteiger partial charge in [-0.2, -0.15) is 0 Å². The second-order valence-corrected chi connectivity index (χ2v) is 9.07. The first-order valence-corrected chi connectivity index (χ1v) is 12.0. The Bertz CT molecular complexity index is 1100. The van der Waals surface area contributed by atoms with Crippen LogP contribution in [0.5, 0.6) is 0 Å². The summed E-state index contributed by atoms with van der Waals surface area (Å²) in [5.74, 6) is 0.175. The van der Waals surface area contributed by atoms with Gasteiger partial charge in [0.25, 0.3) is 5.56 Å². The predicted octanol–water partition coefficient (Wildman–Crippen LogP) is 4.75. The summed E-state index contributed by atoms with van der Waals surface area (Å²) in [5, 5.41) is 1.14. The monoisotopic (exact) mass is 453 g/mol.